The lowest BCUT2D eigenvalue weighted by Gasteiger charge is -2.34. The Morgan fingerprint density at radius 2 is 1.34 bits per heavy atom. The first-order chi connectivity index (χ1) is 14.0. The van der Waals surface area contributed by atoms with Gasteiger partial charge in [0.2, 0.25) is 10.0 Å². The van der Waals surface area contributed by atoms with Gasteiger partial charge >= 0.3 is 0 Å². The predicted octanol–water partition coefficient (Wildman–Crippen LogP) is 2.68. The second-order valence-corrected chi connectivity index (χ2v) is 9.80. The molecule has 3 heterocycles. The Morgan fingerprint density at radius 3 is 1.90 bits per heavy atom. The third kappa shape index (κ3) is 4.53. The summed E-state index contributed by atoms with van der Waals surface area (Å²) in [6, 6.07) is 11.2. The topological polar surface area (TPSA) is 69.6 Å². The quantitative estimate of drug-likeness (QED) is 0.765. The van der Waals surface area contributed by atoms with Crippen molar-refractivity contribution in [2.75, 3.05) is 49.1 Å². The van der Waals surface area contributed by atoms with Gasteiger partial charge in [0.05, 0.1) is 4.90 Å². The molecule has 0 bridgehead atoms. The highest BCUT2D eigenvalue weighted by atomic mass is 32.2. The molecule has 0 aliphatic carbocycles. The molecule has 2 saturated heterocycles. The van der Waals surface area contributed by atoms with Crippen molar-refractivity contribution in [2.24, 2.45) is 0 Å². The number of hydrogen-bond donors (Lipinski definition) is 0. The lowest BCUT2D eigenvalue weighted by atomic mass is 10.2. The number of nitrogens with zero attached hydrogens (tertiary/aromatic N) is 5. The van der Waals surface area contributed by atoms with Gasteiger partial charge in [-0.1, -0.05) is 25.0 Å². The fraction of sp³-hybridized carbons (Fsp3) is 0.524. The zero-order valence-corrected chi connectivity index (χ0v) is 17.8. The van der Waals surface area contributed by atoms with Crippen LogP contribution in [0.5, 0.6) is 0 Å². The number of hydrogen-bond acceptors (Lipinski definition) is 6. The summed E-state index contributed by atoms with van der Waals surface area (Å²) >= 11 is 0. The summed E-state index contributed by atoms with van der Waals surface area (Å²) in [5.74, 6) is 1.76. The normalized spacial score (nSPS) is 19.2. The van der Waals surface area contributed by atoms with E-state index in [9.17, 15) is 8.42 Å². The Morgan fingerprint density at radius 1 is 0.759 bits per heavy atom. The molecule has 4 rings (SSSR count). The van der Waals surface area contributed by atoms with E-state index in [1.807, 2.05) is 25.1 Å². The molecule has 0 unspecified atom stereocenters. The number of aromatic nitrogens is 2. The third-order valence-corrected chi connectivity index (χ3v) is 7.65. The number of piperazine rings is 1. The van der Waals surface area contributed by atoms with E-state index < -0.39 is 10.0 Å². The summed E-state index contributed by atoms with van der Waals surface area (Å²) in [7, 11) is -3.45. The molecule has 8 heteroatoms. The van der Waals surface area contributed by atoms with Crippen LogP contribution in [-0.4, -0.2) is 62.2 Å². The predicted molar refractivity (Wildman–Crippen MR) is 115 cm³/mol. The Bertz CT molecular complexity index is 916. The summed E-state index contributed by atoms with van der Waals surface area (Å²) in [6.45, 7) is 6.13. The SMILES string of the molecule is Cc1cccc(S(=O)(=O)N2CCN(c3ccc(N4CCCCCC4)nn3)CC2)c1. The van der Waals surface area contributed by atoms with Crippen LogP contribution >= 0.6 is 0 Å². The summed E-state index contributed by atoms with van der Waals surface area (Å²) in [4.78, 5) is 4.80. The summed E-state index contributed by atoms with van der Waals surface area (Å²) < 4.78 is 27.4. The Kier molecular flexibility index (Phi) is 6.01. The van der Waals surface area contributed by atoms with Crippen LogP contribution in [0.25, 0.3) is 0 Å². The summed E-state index contributed by atoms with van der Waals surface area (Å²) in [5, 5.41) is 8.88. The van der Waals surface area contributed by atoms with Gasteiger partial charge in [0.15, 0.2) is 11.6 Å². The van der Waals surface area contributed by atoms with Gasteiger partial charge in [-0.3, -0.25) is 0 Å². The van der Waals surface area contributed by atoms with Crippen LogP contribution in [-0.2, 0) is 10.0 Å². The zero-order chi connectivity index (χ0) is 20.3. The molecule has 0 amide bonds. The molecule has 0 spiro atoms. The molecule has 29 heavy (non-hydrogen) atoms. The van der Waals surface area contributed by atoms with Crippen molar-refractivity contribution in [3.63, 3.8) is 0 Å². The molecule has 0 atom stereocenters. The zero-order valence-electron chi connectivity index (χ0n) is 17.0. The van der Waals surface area contributed by atoms with Gasteiger partial charge in [-0.2, -0.15) is 4.31 Å². The lowest BCUT2D eigenvalue weighted by Crippen LogP contribution is -2.49. The number of sulfonamides is 1. The minimum absolute atomic E-state index is 0.368. The molecular formula is C21H29N5O2S. The summed E-state index contributed by atoms with van der Waals surface area (Å²) in [6.07, 6.45) is 5.00. The molecule has 7 nitrogen and oxygen atoms in total. The lowest BCUT2D eigenvalue weighted by molar-refractivity contribution is 0.383. The average Bonchev–Trinajstić information content (AvgIpc) is 3.04. The maximum absolute atomic E-state index is 12.9. The van der Waals surface area contributed by atoms with E-state index in [0.717, 1.165) is 30.3 Å². The van der Waals surface area contributed by atoms with Gasteiger partial charge in [-0.25, -0.2) is 8.42 Å². The monoisotopic (exact) mass is 415 g/mol. The van der Waals surface area contributed by atoms with E-state index in [0.29, 0.717) is 31.1 Å². The molecule has 2 aliphatic rings. The number of benzene rings is 1. The van der Waals surface area contributed by atoms with Crippen molar-refractivity contribution in [2.45, 2.75) is 37.5 Å². The number of aryl methyl sites for hydroxylation is 1. The molecule has 2 fully saturated rings. The second kappa shape index (κ2) is 8.67. The fourth-order valence-electron chi connectivity index (χ4n) is 4.04. The Labute approximate surface area is 173 Å². The van der Waals surface area contributed by atoms with Crippen molar-refractivity contribution < 1.29 is 8.42 Å². The minimum Gasteiger partial charge on any atom is -0.355 e. The van der Waals surface area contributed by atoms with E-state index >= 15 is 0 Å². The smallest absolute Gasteiger partial charge is 0.243 e. The maximum atomic E-state index is 12.9. The van der Waals surface area contributed by atoms with E-state index in [-0.39, 0.29) is 0 Å². The van der Waals surface area contributed by atoms with Crippen molar-refractivity contribution in [3.05, 3.63) is 42.0 Å². The molecule has 2 aliphatic heterocycles. The van der Waals surface area contributed by atoms with Crippen molar-refractivity contribution >= 4 is 21.7 Å². The van der Waals surface area contributed by atoms with E-state index in [1.165, 1.54) is 25.7 Å². The largest absolute Gasteiger partial charge is 0.355 e. The van der Waals surface area contributed by atoms with Crippen LogP contribution in [0.3, 0.4) is 0 Å². The Hall–Kier alpha value is -2.19. The molecule has 0 saturated carbocycles. The first kappa shape index (κ1) is 20.1. The van der Waals surface area contributed by atoms with Gasteiger partial charge in [-0.15, -0.1) is 10.2 Å². The van der Waals surface area contributed by atoms with Crippen LogP contribution in [0.2, 0.25) is 0 Å². The molecule has 0 N–H and O–H groups in total. The number of anilines is 2. The van der Waals surface area contributed by atoms with Crippen LogP contribution < -0.4 is 9.80 Å². The van der Waals surface area contributed by atoms with Crippen LogP contribution in [0, 0.1) is 6.92 Å². The Balaban J connectivity index is 1.39. The van der Waals surface area contributed by atoms with Crippen LogP contribution in [0.4, 0.5) is 11.6 Å². The van der Waals surface area contributed by atoms with Crippen molar-refractivity contribution in [1.29, 1.82) is 0 Å². The molecule has 2 aromatic rings. The van der Waals surface area contributed by atoms with Gasteiger partial charge in [0, 0.05) is 39.3 Å². The van der Waals surface area contributed by atoms with Crippen LogP contribution in [0.15, 0.2) is 41.3 Å². The van der Waals surface area contributed by atoms with Crippen molar-refractivity contribution in [1.82, 2.24) is 14.5 Å². The fourth-order valence-corrected chi connectivity index (χ4v) is 5.57. The first-order valence-electron chi connectivity index (χ1n) is 10.4. The van der Waals surface area contributed by atoms with Crippen molar-refractivity contribution in [3.8, 4) is 0 Å². The first-order valence-corrected chi connectivity index (χ1v) is 11.9. The molecule has 156 valence electrons. The summed E-state index contributed by atoms with van der Waals surface area (Å²) in [5.41, 5.74) is 0.949. The van der Waals surface area contributed by atoms with Gasteiger partial charge in [0.1, 0.15) is 0 Å². The van der Waals surface area contributed by atoms with Gasteiger partial charge in [-0.05, 0) is 49.6 Å². The molecule has 1 aromatic heterocycles. The average molecular weight is 416 g/mol. The maximum Gasteiger partial charge on any atom is 0.243 e. The van der Waals surface area contributed by atoms with Crippen LogP contribution in [0.1, 0.15) is 31.2 Å². The van der Waals surface area contributed by atoms with Gasteiger partial charge < -0.3 is 9.80 Å². The third-order valence-electron chi connectivity index (χ3n) is 5.76. The highest BCUT2D eigenvalue weighted by Gasteiger charge is 2.29. The number of rotatable bonds is 4. The molecular weight excluding hydrogens is 386 g/mol. The van der Waals surface area contributed by atoms with Gasteiger partial charge in [0.25, 0.3) is 0 Å². The molecule has 1 aromatic carbocycles. The van der Waals surface area contributed by atoms with E-state index in [1.54, 1.807) is 22.5 Å². The molecule has 0 radical (unpaired) electrons. The van der Waals surface area contributed by atoms with E-state index in [2.05, 4.69) is 20.0 Å². The van der Waals surface area contributed by atoms with E-state index in [4.69, 9.17) is 0 Å². The standard InChI is InChI=1S/C21H29N5O2S/c1-18-7-6-8-19(17-18)29(27,28)26-15-13-25(14-16-26)21-10-9-20(22-23-21)24-11-4-2-3-5-12-24/h6-10,17H,2-5,11-16H2,1H3. The minimum atomic E-state index is -3.45. The highest BCUT2D eigenvalue weighted by Crippen LogP contribution is 2.22. The highest BCUT2D eigenvalue weighted by molar-refractivity contribution is 7.89. The second-order valence-electron chi connectivity index (χ2n) is 7.86.